The summed E-state index contributed by atoms with van der Waals surface area (Å²) in [5, 5.41) is 16.2. The van der Waals surface area contributed by atoms with E-state index in [0.29, 0.717) is 11.4 Å². The highest BCUT2D eigenvalue weighted by Crippen LogP contribution is 2.32. The number of halogens is 1. The van der Waals surface area contributed by atoms with Crippen molar-refractivity contribution in [1.29, 1.82) is 0 Å². The van der Waals surface area contributed by atoms with Crippen LogP contribution < -0.4 is 0 Å². The predicted molar refractivity (Wildman–Crippen MR) is 106 cm³/mol. The quantitative estimate of drug-likeness (QED) is 0.460. The Morgan fingerprint density at radius 3 is 2.48 bits per heavy atom. The molecule has 0 aliphatic carbocycles. The lowest BCUT2D eigenvalue weighted by Crippen LogP contribution is -2.11. The summed E-state index contributed by atoms with van der Waals surface area (Å²) < 4.78 is 2.69. The van der Waals surface area contributed by atoms with Crippen molar-refractivity contribution in [3.05, 3.63) is 76.8 Å². The van der Waals surface area contributed by atoms with E-state index < -0.39 is 0 Å². The molecule has 0 bridgehead atoms. The minimum Gasteiger partial charge on any atom is -0.276 e. The van der Waals surface area contributed by atoms with Gasteiger partial charge >= 0.3 is 0 Å². The maximum atomic E-state index is 13.3. The monoisotopic (exact) mass is 417 g/mol. The molecule has 0 saturated carbocycles. The van der Waals surface area contributed by atoms with Crippen molar-refractivity contribution in [1.82, 2.24) is 25.2 Å². The van der Waals surface area contributed by atoms with Gasteiger partial charge in [0, 0.05) is 26.4 Å². The Morgan fingerprint density at radius 2 is 1.70 bits per heavy atom. The number of para-hydroxylation sites is 1. The Kier molecular flexibility index (Phi) is 3.61. The van der Waals surface area contributed by atoms with Gasteiger partial charge in [0.2, 0.25) is 5.82 Å². The topological polar surface area (TPSA) is 76.5 Å². The van der Waals surface area contributed by atoms with Gasteiger partial charge in [0.15, 0.2) is 0 Å². The summed E-state index contributed by atoms with van der Waals surface area (Å²) in [5.41, 5.74) is 3.18. The Bertz CT molecular complexity index is 1290. The van der Waals surface area contributed by atoms with Crippen LogP contribution in [-0.2, 0) is 0 Å². The average Bonchev–Trinajstić information content (AvgIpc) is 3.34. The first-order chi connectivity index (χ1) is 13.2. The summed E-state index contributed by atoms with van der Waals surface area (Å²) in [7, 11) is 0. The van der Waals surface area contributed by atoms with E-state index >= 15 is 0 Å². The number of aromatic nitrogens is 5. The summed E-state index contributed by atoms with van der Waals surface area (Å²) in [4.78, 5) is 13.3. The molecule has 5 rings (SSSR count). The first-order valence-corrected chi connectivity index (χ1v) is 9.09. The fourth-order valence-electron chi connectivity index (χ4n) is 3.34. The maximum Gasteiger partial charge on any atom is 0.262 e. The minimum atomic E-state index is -0.0685. The van der Waals surface area contributed by atoms with Gasteiger partial charge in [0.25, 0.3) is 5.91 Å². The Morgan fingerprint density at radius 1 is 0.926 bits per heavy atom. The standard InChI is InChI=1S/C20H12BrN5O/c21-14-8-5-12(6-9-14)20(27)26-17-4-2-1-3-15(17)16-11-13(7-10-18(16)26)19-22-24-25-23-19/h1-11H,(H,22,23,24,25). The molecular weight excluding hydrogens is 406 g/mol. The molecule has 2 aromatic heterocycles. The molecule has 0 aliphatic rings. The number of nitrogens with one attached hydrogen (secondary N) is 1. The molecule has 130 valence electrons. The third-order valence-corrected chi connectivity index (χ3v) is 5.10. The molecule has 0 fully saturated rings. The first-order valence-electron chi connectivity index (χ1n) is 8.30. The largest absolute Gasteiger partial charge is 0.276 e. The molecule has 0 spiro atoms. The van der Waals surface area contributed by atoms with Gasteiger partial charge in [-0.05, 0) is 53.7 Å². The number of fused-ring (bicyclic) bond motifs is 3. The zero-order chi connectivity index (χ0) is 18.4. The van der Waals surface area contributed by atoms with Crippen LogP contribution >= 0.6 is 15.9 Å². The molecule has 0 radical (unpaired) electrons. The fraction of sp³-hybridized carbons (Fsp3) is 0. The van der Waals surface area contributed by atoms with Crippen molar-refractivity contribution in [3.8, 4) is 11.4 Å². The van der Waals surface area contributed by atoms with E-state index in [9.17, 15) is 4.79 Å². The molecule has 7 heteroatoms. The second-order valence-electron chi connectivity index (χ2n) is 6.13. The summed E-state index contributed by atoms with van der Waals surface area (Å²) >= 11 is 3.41. The van der Waals surface area contributed by atoms with Gasteiger partial charge < -0.3 is 0 Å². The highest BCUT2D eigenvalue weighted by molar-refractivity contribution is 9.10. The minimum absolute atomic E-state index is 0.0685. The molecule has 3 aromatic carbocycles. The van der Waals surface area contributed by atoms with Crippen LogP contribution in [0.25, 0.3) is 33.2 Å². The summed E-state index contributed by atoms with van der Waals surface area (Å²) in [6, 6.07) is 21.1. The number of carbonyl (C=O) groups excluding carboxylic acids is 1. The van der Waals surface area contributed by atoms with Crippen molar-refractivity contribution in [2.75, 3.05) is 0 Å². The number of hydrogen-bond acceptors (Lipinski definition) is 4. The van der Waals surface area contributed by atoms with Gasteiger partial charge in [-0.2, -0.15) is 5.21 Å². The van der Waals surface area contributed by atoms with Gasteiger partial charge in [-0.1, -0.05) is 34.1 Å². The van der Waals surface area contributed by atoms with Crippen molar-refractivity contribution < 1.29 is 4.79 Å². The van der Waals surface area contributed by atoms with Crippen molar-refractivity contribution in [3.63, 3.8) is 0 Å². The van der Waals surface area contributed by atoms with Crippen LogP contribution in [0.2, 0.25) is 0 Å². The van der Waals surface area contributed by atoms with E-state index in [1.165, 1.54) is 0 Å². The second-order valence-corrected chi connectivity index (χ2v) is 7.05. The molecule has 0 unspecified atom stereocenters. The van der Waals surface area contributed by atoms with E-state index in [1.54, 1.807) is 4.57 Å². The van der Waals surface area contributed by atoms with Crippen LogP contribution in [-0.4, -0.2) is 31.1 Å². The van der Waals surface area contributed by atoms with E-state index in [-0.39, 0.29) is 5.91 Å². The van der Waals surface area contributed by atoms with E-state index in [1.807, 2.05) is 66.7 Å². The molecular formula is C20H12BrN5O. The molecule has 2 heterocycles. The third kappa shape index (κ3) is 2.55. The molecule has 1 N–H and O–H groups in total. The molecule has 6 nitrogen and oxygen atoms in total. The molecule has 0 amide bonds. The second kappa shape index (κ2) is 6.14. The van der Waals surface area contributed by atoms with Gasteiger partial charge in [0.1, 0.15) is 0 Å². The SMILES string of the molecule is O=C(c1ccc(Br)cc1)n1c2ccccc2c2cc(-c3nn[nH]n3)ccc21. The zero-order valence-electron chi connectivity index (χ0n) is 13.9. The van der Waals surface area contributed by atoms with Gasteiger partial charge in [0.05, 0.1) is 11.0 Å². The predicted octanol–water partition coefficient (Wildman–Crippen LogP) is 4.43. The molecule has 0 aliphatic heterocycles. The Balaban J connectivity index is 1.78. The molecule has 27 heavy (non-hydrogen) atoms. The van der Waals surface area contributed by atoms with Crippen molar-refractivity contribution in [2.45, 2.75) is 0 Å². The zero-order valence-corrected chi connectivity index (χ0v) is 15.5. The smallest absolute Gasteiger partial charge is 0.262 e. The highest BCUT2D eigenvalue weighted by atomic mass is 79.9. The lowest BCUT2D eigenvalue weighted by atomic mass is 10.1. The van der Waals surface area contributed by atoms with Gasteiger partial charge in [-0.3, -0.25) is 9.36 Å². The number of tetrazole rings is 1. The van der Waals surface area contributed by atoms with Crippen molar-refractivity contribution in [2.24, 2.45) is 0 Å². The molecule has 5 aromatic rings. The lowest BCUT2D eigenvalue weighted by molar-refractivity contribution is 0.0969. The summed E-state index contributed by atoms with van der Waals surface area (Å²) in [6.45, 7) is 0. The summed E-state index contributed by atoms with van der Waals surface area (Å²) in [5.74, 6) is 0.453. The van der Waals surface area contributed by atoms with Crippen LogP contribution in [0.1, 0.15) is 10.4 Å². The van der Waals surface area contributed by atoms with Crippen LogP contribution in [0.15, 0.2) is 71.2 Å². The van der Waals surface area contributed by atoms with Gasteiger partial charge in [-0.25, -0.2) is 0 Å². The normalized spacial score (nSPS) is 11.3. The fourth-order valence-corrected chi connectivity index (χ4v) is 3.60. The number of benzene rings is 3. The van der Waals surface area contributed by atoms with Gasteiger partial charge in [-0.15, -0.1) is 10.2 Å². The van der Waals surface area contributed by atoms with Crippen LogP contribution in [0.5, 0.6) is 0 Å². The van der Waals surface area contributed by atoms with E-state index in [2.05, 4.69) is 36.6 Å². The number of H-pyrrole nitrogens is 1. The van der Waals surface area contributed by atoms with Crippen molar-refractivity contribution >= 4 is 43.6 Å². The van der Waals surface area contributed by atoms with E-state index in [4.69, 9.17) is 0 Å². The number of aromatic amines is 1. The number of rotatable bonds is 2. The van der Waals surface area contributed by atoms with Crippen LogP contribution in [0.4, 0.5) is 0 Å². The lowest BCUT2D eigenvalue weighted by Gasteiger charge is -2.06. The Hall–Kier alpha value is -3.32. The first kappa shape index (κ1) is 15.9. The number of hydrogen-bond donors (Lipinski definition) is 1. The molecule has 0 saturated heterocycles. The average molecular weight is 418 g/mol. The number of nitrogens with zero attached hydrogens (tertiary/aromatic N) is 4. The van der Waals surface area contributed by atoms with E-state index in [0.717, 1.165) is 31.8 Å². The highest BCUT2D eigenvalue weighted by Gasteiger charge is 2.18. The maximum absolute atomic E-state index is 13.3. The number of carbonyl (C=O) groups is 1. The molecule has 0 atom stereocenters. The van der Waals surface area contributed by atoms with Crippen LogP contribution in [0, 0.1) is 0 Å². The Labute approximate surface area is 161 Å². The summed E-state index contributed by atoms with van der Waals surface area (Å²) in [6.07, 6.45) is 0. The third-order valence-electron chi connectivity index (χ3n) is 4.57. The van der Waals surface area contributed by atoms with Crippen LogP contribution in [0.3, 0.4) is 0 Å².